The molecule has 0 bridgehead atoms. The average molecular weight is 280 g/mol. The van der Waals surface area contributed by atoms with Crippen molar-refractivity contribution in [2.75, 3.05) is 6.61 Å². The number of rotatable bonds is 1. The van der Waals surface area contributed by atoms with E-state index < -0.39 is 6.10 Å². The molecule has 0 radical (unpaired) electrons. The molecular formula is C17H12O4. The van der Waals surface area contributed by atoms with Crippen molar-refractivity contribution < 1.29 is 19.4 Å². The molecule has 0 aliphatic carbocycles. The zero-order valence-corrected chi connectivity index (χ0v) is 11.1. The Bertz CT molecular complexity index is 776. The highest BCUT2D eigenvalue weighted by molar-refractivity contribution is 5.95. The molecule has 0 fully saturated rings. The van der Waals surface area contributed by atoms with Crippen molar-refractivity contribution in [2.45, 2.75) is 6.10 Å². The highest BCUT2D eigenvalue weighted by Gasteiger charge is 2.37. The predicted molar refractivity (Wildman–Crippen MR) is 76.1 cm³/mol. The molecule has 0 spiro atoms. The number of ether oxygens (including phenoxy) is 2. The number of hydrogen-bond donors (Lipinski definition) is 1. The third kappa shape index (κ3) is 1.72. The Kier molecular flexibility index (Phi) is 2.51. The van der Waals surface area contributed by atoms with Crippen LogP contribution >= 0.6 is 0 Å². The smallest absolute Gasteiger partial charge is 0.339 e. The summed E-state index contributed by atoms with van der Waals surface area (Å²) in [5.41, 5.74) is 2.51. The number of carbonyl (C=O) groups excluding carboxylic acids is 1. The monoisotopic (exact) mass is 280 g/mol. The van der Waals surface area contributed by atoms with E-state index in [1.54, 1.807) is 24.3 Å². The van der Waals surface area contributed by atoms with Gasteiger partial charge in [-0.3, -0.25) is 0 Å². The molecule has 4 heteroatoms. The summed E-state index contributed by atoms with van der Waals surface area (Å²) >= 11 is 0. The molecule has 21 heavy (non-hydrogen) atoms. The minimum Gasteiger partial charge on any atom is -0.507 e. The highest BCUT2D eigenvalue weighted by atomic mass is 16.6. The van der Waals surface area contributed by atoms with Gasteiger partial charge in [0.1, 0.15) is 18.1 Å². The van der Waals surface area contributed by atoms with Gasteiger partial charge in [-0.05, 0) is 18.2 Å². The number of cyclic esters (lactones) is 1. The van der Waals surface area contributed by atoms with Gasteiger partial charge in [-0.15, -0.1) is 0 Å². The van der Waals surface area contributed by atoms with Crippen LogP contribution in [-0.2, 0) is 4.74 Å². The van der Waals surface area contributed by atoms with Crippen molar-refractivity contribution in [3.63, 3.8) is 0 Å². The lowest BCUT2D eigenvalue weighted by molar-refractivity contribution is 0.0432. The Morgan fingerprint density at radius 2 is 1.71 bits per heavy atom. The van der Waals surface area contributed by atoms with Crippen molar-refractivity contribution in [3.05, 3.63) is 70.8 Å². The topological polar surface area (TPSA) is 55.8 Å². The molecule has 104 valence electrons. The first-order valence-corrected chi connectivity index (χ1v) is 6.70. The predicted octanol–water partition coefficient (Wildman–Crippen LogP) is 3.26. The van der Waals surface area contributed by atoms with E-state index in [-0.39, 0.29) is 18.3 Å². The van der Waals surface area contributed by atoms with E-state index in [4.69, 9.17) is 9.47 Å². The van der Waals surface area contributed by atoms with E-state index in [2.05, 4.69) is 0 Å². The fraction of sp³-hybridized carbons (Fsp3) is 0.118. The van der Waals surface area contributed by atoms with Crippen molar-refractivity contribution >= 4 is 11.7 Å². The van der Waals surface area contributed by atoms with E-state index >= 15 is 0 Å². The quantitative estimate of drug-likeness (QED) is 0.815. The van der Waals surface area contributed by atoms with Gasteiger partial charge >= 0.3 is 5.97 Å². The molecule has 2 heterocycles. The van der Waals surface area contributed by atoms with E-state index in [0.717, 1.165) is 5.56 Å². The van der Waals surface area contributed by atoms with Gasteiger partial charge in [0, 0.05) is 5.56 Å². The lowest BCUT2D eigenvalue weighted by Crippen LogP contribution is -2.17. The van der Waals surface area contributed by atoms with Crippen LogP contribution in [0.1, 0.15) is 27.6 Å². The lowest BCUT2D eigenvalue weighted by Gasteiger charge is -2.24. The van der Waals surface area contributed by atoms with Crippen LogP contribution in [0.5, 0.6) is 5.75 Å². The van der Waals surface area contributed by atoms with Crippen molar-refractivity contribution in [1.29, 1.82) is 0 Å². The second-order valence-electron chi connectivity index (χ2n) is 5.03. The number of fused-ring (bicyclic) bond motifs is 2. The summed E-state index contributed by atoms with van der Waals surface area (Å²) in [6, 6.07) is 14.5. The Balaban J connectivity index is 1.84. The summed E-state index contributed by atoms with van der Waals surface area (Å²) < 4.78 is 11.1. The van der Waals surface area contributed by atoms with Crippen molar-refractivity contribution in [2.24, 2.45) is 0 Å². The molecule has 0 saturated carbocycles. The van der Waals surface area contributed by atoms with E-state index in [0.29, 0.717) is 22.4 Å². The molecule has 2 aromatic carbocycles. The molecule has 4 nitrogen and oxygen atoms in total. The number of hydrogen-bond acceptors (Lipinski definition) is 4. The Hall–Kier alpha value is -2.75. The van der Waals surface area contributed by atoms with Crippen LogP contribution in [0.2, 0.25) is 0 Å². The van der Waals surface area contributed by atoms with Crippen LogP contribution in [0.4, 0.5) is 0 Å². The van der Waals surface area contributed by atoms with Gasteiger partial charge in [0.05, 0.1) is 16.7 Å². The maximum atomic E-state index is 11.9. The SMILES string of the molecule is O=C1OC(C2=C(O)c3ccccc3OC2)c2ccccc21. The molecule has 2 aliphatic rings. The number of benzene rings is 2. The van der Waals surface area contributed by atoms with E-state index in [1.165, 1.54) is 0 Å². The summed E-state index contributed by atoms with van der Waals surface area (Å²) in [6.45, 7) is 0.203. The average Bonchev–Trinajstić information content (AvgIpc) is 2.86. The van der Waals surface area contributed by atoms with Crippen LogP contribution in [0.15, 0.2) is 54.1 Å². The van der Waals surface area contributed by atoms with Gasteiger partial charge in [-0.2, -0.15) is 0 Å². The summed E-state index contributed by atoms with van der Waals surface area (Å²) in [5, 5.41) is 10.5. The third-order valence-corrected chi connectivity index (χ3v) is 3.83. The number of esters is 1. The molecular weight excluding hydrogens is 268 g/mol. The lowest BCUT2D eigenvalue weighted by atomic mass is 9.95. The normalized spacial score (nSPS) is 19.6. The number of para-hydroxylation sites is 1. The minimum absolute atomic E-state index is 0.131. The van der Waals surface area contributed by atoms with Gasteiger partial charge in [0.2, 0.25) is 0 Å². The van der Waals surface area contributed by atoms with E-state index in [9.17, 15) is 9.90 Å². The molecule has 1 unspecified atom stereocenters. The third-order valence-electron chi connectivity index (χ3n) is 3.83. The first-order chi connectivity index (χ1) is 10.3. The Labute approximate surface area is 121 Å². The van der Waals surface area contributed by atoms with Gasteiger partial charge in [0.15, 0.2) is 6.10 Å². The van der Waals surface area contributed by atoms with Crippen LogP contribution in [-0.4, -0.2) is 17.7 Å². The zero-order chi connectivity index (χ0) is 14.4. The molecule has 0 amide bonds. The van der Waals surface area contributed by atoms with Gasteiger partial charge in [0.25, 0.3) is 0 Å². The maximum absolute atomic E-state index is 11.9. The first-order valence-electron chi connectivity index (χ1n) is 6.70. The number of aliphatic hydroxyl groups excluding tert-OH is 1. The second-order valence-corrected chi connectivity index (χ2v) is 5.03. The molecule has 2 aliphatic heterocycles. The second kappa shape index (κ2) is 4.38. The van der Waals surface area contributed by atoms with E-state index in [1.807, 2.05) is 24.3 Å². The fourth-order valence-electron chi connectivity index (χ4n) is 2.79. The van der Waals surface area contributed by atoms with Crippen LogP contribution < -0.4 is 4.74 Å². The summed E-state index contributed by atoms with van der Waals surface area (Å²) in [4.78, 5) is 11.9. The summed E-state index contributed by atoms with van der Waals surface area (Å²) in [5.74, 6) is 0.400. The maximum Gasteiger partial charge on any atom is 0.339 e. The summed E-state index contributed by atoms with van der Waals surface area (Å²) in [7, 11) is 0. The summed E-state index contributed by atoms with van der Waals surface area (Å²) in [6.07, 6.45) is -0.581. The first kappa shape index (κ1) is 12.0. The Morgan fingerprint density at radius 1 is 1.00 bits per heavy atom. The van der Waals surface area contributed by atoms with Gasteiger partial charge < -0.3 is 14.6 Å². The molecule has 2 aromatic rings. The number of carbonyl (C=O) groups is 1. The van der Waals surface area contributed by atoms with Crippen molar-refractivity contribution in [3.8, 4) is 5.75 Å². The standard InChI is InChI=1S/C17H12O4/c18-15-12-7-3-4-8-14(12)20-9-13(15)16-10-5-1-2-6-11(10)17(19)21-16/h1-8,16,18H,9H2. The molecule has 0 aromatic heterocycles. The highest BCUT2D eigenvalue weighted by Crippen LogP contribution is 2.42. The number of aliphatic hydroxyl groups is 1. The molecule has 1 N–H and O–H groups in total. The Morgan fingerprint density at radius 3 is 2.57 bits per heavy atom. The van der Waals surface area contributed by atoms with Crippen LogP contribution in [0.25, 0.3) is 5.76 Å². The minimum atomic E-state index is -0.581. The molecule has 4 rings (SSSR count). The zero-order valence-electron chi connectivity index (χ0n) is 11.1. The van der Waals surface area contributed by atoms with Gasteiger partial charge in [-0.1, -0.05) is 30.3 Å². The van der Waals surface area contributed by atoms with Crippen LogP contribution in [0, 0.1) is 0 Å². The van der Waals surface area contributed by atoms with Crippen molar-refractivity contribution in [1.82, 2.24) is 0 Å². The fourth-order valence-corrected chi connectivity index (χ4v) is 2.79. The largest absolute Gasteiger partial charge is 0.507 e. The molecule has 1 atom stereocenters. The van der Waals surface area contributed by atoms with Gasteiger partial charge in [-0.25, -0.2) is 4.79 Å². The van der Waals surface area contributed by atoms with Crippen LogP contribution in [0.3, 0.4) is 0 Å². The molecule has 0 saturated heterocycles.